The van der Waals surface area contributed by atoms with Crippen LogP contribution in [0.25, 0.3) is 0 Å². The maximum absolute atomic E-state index is 5.97. The predicted molar refractivity (Wildman–Crippen MR) is 117 cm³/mol. The summed E-state index contributed by atoms with van der Waals surface area (Å²) in [4.78, 5) is 4.81. The number of nitrogens with zero attached hydrogens (tertiary/aromatic N) is 1. The Hall–Kier alpha value is -2.95. The third-order valence-electron chi connectivity index (χ3n) is 4.22. The molecule has 0 saturated carbocycles. The van der Waals surface area contributed by atoms with Gasteiger partial charge in [0.25, 0.3) is 0 Å². The summed E-state index contributed by atoms with van der Waals surface area (Å²) >= 11 is 0. The smallest absolute Gasteiger partial charge is 0.125 e. The zero-order chi connectivity index (χ0) is 21.1. The highest BCUT2D eigenvalue weighted by molar-refractivity contribution is 5.83. The molecule has 29 heavy (non-hydrogen) atoms. The lowest BCUT2D eigenvalue weighted by atomic mass is 10.1. The molecule has 0 amide bonds. The fraction of sp³-hybridized carbons (Fsp3) is 0.375. The van der Waals surface area contributed by atoms with Crippen LogP contribution in [0.4, 0.5) is 0 Å². The number of benzene rings is 2. The van der Waals surface area contributed by atoms with E-state index in [1.54, 1.807) is 7.11 Å². The van der Waals surface area contributed by atoms with Crippen molar-refractivity contribution in [3.8, 4) is 17.2 Å². The van der Waals surface area contributed by atoms with E-state index < -0.39 is 0 Å². The quantitative estimate of drug-likeness (QED) is 0.224. The molecule has 0 aliphatic rings. The zero-order valence-corrected chi connectivity index (χ0v) is 18.0. The Bertz CT molecular complexity index is 820. The summed E-state index contributed by atoms with van der Waals surface area (Å²) in [5.74, 6) is 2.55. The molecule has 0 N–H and O–H groups in total. The molecule has 0 fully saturated rings. The molecule has 0 aliphatic heterocycles. The Balaban J connectivity index is 1.87. The van der Waals surface area contributed by atoms with Crippen molar-refractivity contribution in [2.24, 2.45) is 5.16 Å². The lowest BCUT2D eigenvalue weighted by molar-refractivity contribution is 0.212. The zero-order valence-electron chi connectivity index (χ0n) is 18.0. The molecule has 2 rings (SSSR count). The van der Waals surface area contributed by atoms with Crippen LogP contribution >= 0.6 is 0 Å². The first-order valence-electron chi connectivity index (χ1n) is 9.79. The number of rotatable bonds is 11. The molecule has 2 aromatic rings. The van der Waals surface area contributed by atoms with Crippen LogP contribution in [-0.2, 0) is 11.3 Å². The van der Waals surface area contributed by atoms with Crippen molar-refractivity contribution in [2.45, 2.75) is 34.1 Å². The molecular formula is C24H31NO4. The van der Waals surface area contributed by atoms with E-state index in [1.165, 1.54) is 0 Å². The minimum Gasteiger partial charge on any atom is -0.490 e. The van der Waals surface area contributed by atoms with Crippen LogP contribution in [0.3, 0.4) is 0 Å². The van der Waals surface area contributed by atoms with Gasteiger partial charge in [0.05, 0.1) is 5.71 Å². The number of allylic oxidation sites excluding steroid dienone is 1. The molecule has 2 aromatic carbocycles. The van der Waals surface area contributed by atoms with E-state index in [-0.39, 0.29) is 0 Å². The average Bonchev–Trinajstić information content (AvgIpc) is 2.67. The number of hydrogen-bond acceptors (Lipinski definition) is 5. The maximum atomic E-state index is 5.97. The van der Waals surface area contributed by atoms with Crippen LogP contribution in [0.2, 0.25) is 0 Å². The molecule has 0 radical (unpaired) electrons. The second kappa shape index (κ2) is 11.8. The largest absolute Gasteiger partial charge is 0.490 e. The molecular weight excluding hydrogens is 366 g/mol. The van der Waals surface area contributed by atoms with Gasteiger partial charge in [0.15, 0.2) is 0 Å². The van der Waals surface area contributed by atoms with Gasteiger partial charge < -0.3 is 19.0 Å². The van der Waals surface area contributed by atoms with Crippen molar-refractivity contribution in [1.82, 2.24) is 0 Å². The van der Waals surface area contributed by atoms with E-state index in [1.807, 2.05) is 76.2 Å². The first-order chi connectivity index (χ1) is 14.0. The Morgan fingerprint density at radius 3 is 2.38 bits per heavy atom. The fourth-order valence-electron chi connectivity index (χ4n) is 2.99. The Morgan fingerprint density at radius 1 is 0.966 bits per heavy atom. The van der Waals surface area contributed by atoms with Crippen molar-refractivity contribution in [3.63, 3.8) is 0 Å². The van der Waals surface area contributed by atoms with Crippen LogP contribution < -0.4 is 14.2 Å². The lowest BCUT2D eigenvalue weighted by Gasteiger charge is -2.15. The minimum atomic E-state index is 0.465. The van der Waals surface area contributed by atoms with Crippen LogP contribution in [0.15, 0.2) is 53.7 Å². The molecule has 0 aromatic heterocycles. The number of oxime groups is 1. The fourth-order valence-corrected chi connectivity index (χ4v) is 2.99. The Morgan fingerprint density at radius 2 is 1.69 bits per heavy atom. The Labute approximate surface area is 173 Å². The van der Waals surface area contributed by atoms with Gasteiger partial charge in [-0.2, -0.15) is 0 Å². The molecule has 5 nitrogen and oxygen atoms in total. The third kappa shape index (κ3) is 7.53. The van der Waals surface area contributed by atoms with Crippen molar-refractivity contribution in [3.05, 3.63) is 65.2 Å². The topological polar surface area (TPSA) is 49.3 Å². The molecule has 156 valence electrons. The van der Waals surface area contributed by atoms with Gasteiger partial charge in [-0.15, -0.1) is 0 Å². The summed E-state index contributed by atoms with van der Waals surface area (Å²) in [6.45, 7) is 9.47. The second-order valence-corrected chi connectivity index (χ2v) is 6.80. The van der Waals surface area contributed by atoms with Crippen LogP contribution in [-0.4, -0.2) is 32.6 Å². The SMILES string of the molecule is C/C=C/COc1cc(C)c(OCCOc2cccc(C/C(C)=N/OC)c2)c(C)c1. The molecule has 0 aliphatic carbocycles. The van der Waals surface area contributed by atoms with E-state index in [0.29, 0.717) is 19.8 Å². The summed E-state index contributed by atoms with van der Waals surface area (Å²) < 4.78 is 17.5. The molecule has 0 atom stereocenters. The number of ether oxygens (including phenoxy) is 3. The van der Waals surface area contributed by atoms with Crippen molar-refractivity contribution in [2.75, 3.05) is 26.9 Å². The molecule has 5 heteroatoms. The van der Waals surface area contributed by atoms with E-state index >= 15 is 0 Å². The highest BCUT2D eigenvalue weighted by Gasteiger charge is 2.08. The van der Waals surface area contributed by atoms with Gasteiger partial charge in [-0.05, 0) is 68.7 Å². The summed E-state index contributed by atoms with van der Waals surface area (Å²) in [6.07, 6.45) is 4.68. The molecule has 0 saturated heterocycles. The normalized spacial score (nSPS) is 11.6. The molecule has 0 unspecified atom stereocenters. The van der Waals surface area contributed by atoms with Crippen molar-refractivity contribution in [1.29, 1.82) is 0 Å². The molecule has 0 bridgehead atoms. The van der Waals surface area contributed by atoms with Crippen LogP contribution in [0.5, 0.6) is 17.2 Å². The van der Waals surface area contributed by atoms with Gasteiger partial charge in [0, 0.05) is 6.42 Å². The van der Waals surface area contributed by atoms with E-state index in [9.17, 15) is 0 Å². The number of aryl methyl sites for hydroxylation is 2. The summed E-state index contributed by atoms with van der Waals surface area (Å²) in [6, 6.07) is 12.0. The van der Waals surface area contributed by atoms with E-state index in [4.69, 9.17) is 19.0 Å². The second-order valence-electron chi connectivity index (χ2n) is 6.80. The van der Waals surface area contributed by atoms with Crippen LogP contribution in [0, 0.1) is 13.8 Å². The van der Waals surface area contributed by atoms with E-state index in [2.05, 4.69) is 5.16 Å². The third-order valence-corrected chi connectivity index (χ3v) is 4.22. The minimum absolute atomic E-state index is 0.465. The first kappa shape index (κ1) is 22.3. The number of hydrogen-bond donors (Lipinski definition) is 0. The predicted octanol–water partition coefficient (Wildman–Crippen LogP) is 5.28. The molecule has 0 spiro atoms. The van der Waals surface area contributed by atoms with Gasteiger partial charge >= 0.3 is 0 Å². The monoisotopic (exact) mass is 397 g/mol. The summed E-state index contributed by atoms with van der Waals surface area (Å²) in [7, 11) is 1.55. The van der Waals surface area contributed by atoms with Crippen LogP contribution in [0.1, 0.15) is 30.5 Å². The highest BCUT2D eigenvalue weighted by Crippen LogP contribution is 2.28. The van der Waals surface area contributed by atoms with Crippen molar-refractivity contribution >= 4 is 5.71 Å². The van der Waals surface area contributed by atoms with Gasteiger partial charge in [0.1, 0.15) is 44.2 Å². The summed E-state index contributed by atoms with van der Waals surface area (Å²) in [5.41, 5.74) is 4.14. The standard InChI is InChI=1S/C24H31NO4/c1-6-7-11-27-23-14-18(2)24(19(3)15-23)29-13-12-28-22-10-8-9-21(17-22)16-20(4)25-26-5/h6-10,14-15,17H,11-13,16H2,1-5H3/b7-6+,25-20+. The maximum Gasteiger partial charge on any atom is 0.125 e. The van der Waals surface area contributed by atoms with Gasteiger partial charge in [-0.25, -0.2) is 0 Å². The van der Waals surface area contributed by atoms with E-state index in [0.717, 1.165) is 46.1 Å². The first-order valence-corrected chi connectivity index (χ1v) is 9.79. The van der Waals surface area contributed by atoms with Gasteiger partial charge in [-0.3, -0.25) is 0 Å². The average molecular weight is 398 g/mol. The van der Waals surface area contributed by atoms with Gasteiger partial charge in [0.2, 0.25) is 0 Å². The summed E-state index contributed by atoms with van der Waals surface area (Å²) in [5, 5.41) is 3.95. The van der Waals surface area contributed by atoms with Gasteiger partial charge in [-0.1, -0.05) is 29.4 Å². The highest BCUT2D eigenvalue weighted by atomic mass is 16.6. The van der Waals surface area contributed by atoms with Crippen molar-refractivity contribution < 1.29 is 19.0 Å². The lowest BCUT2D eigenvalue weighted by Crippen LogP contribution is -2.10. The molecule has 0 heterocycles. The Kier molecular flexibility index (Phi) is 9.09.